The molecule has 0 spiro atoms. The van der Waals surface area contributed by atoms with Crippen molar-refractivity contribution in [3.8, 4) is 0 Å². The number of unbranched alkanes of at least 4 members (excludes halogenated alkanes) is 41. The molecule has 6 nitrogen and oxygen atoms in total. The van der Waals surface area contributed by atoms with Crippen molar-refractivity contribution in [2.75, 3.05) is 13.2 Å². The molecular weight excluding hydrogens is 875 g/mol. The van der Waals surface area contributed by atoms with Crippen molar-refractivity contribution in [1.82, 2.24) is 5.32 Å². The van der Waals surface area contributed by atoms with E-state index in [0.717, 1.165) is 64.2 Å². The predicted molar refractivity (Wildman–Crippen MR) is 310 cm³/mol. The topological polar surface area (TPSA) is 95.9 Å². The van der Waals surface area contributed by atoms with Crippen molar-refractivity contribution in [3.63, 3.8) is 0 Å². The highest BCUT2D eigenvalue weighted by Crippen LogP contribution is 2.17. The number of carbonyl (C=O) groups is 2. The largest absolute Gasteiger partial charge is 0.466 e. The lowest BCUT2D eigenvalue weighted by Gasteiger charge is -2.20. The molecule has 0 aliphatic rings. The fourth-order valence-corrected chi connectivity index (χ4v) is 9.48. The number of esters is 1. The molecule has 0 aromatic carbocycles. The number of nitrogens with one attached hydrogen (secondary N) is 1. The minimum absolute atomic E-state index is 0.00386. The van der Waals surface area contributed by atoms with E-state index >= 15 is 0 Å². The van der Waals surface area contributed by atoms with E-state index in [-0.39, 0.29) is 18.5 Å². The van der Waals surface area contributed by atoms with Gasteiger partial charge in [0.25, 0.3) is 0 Å². The van der Waals surface area contributed by atoms with Crippen LogP contribution in [-0.2, 0) is 14.3 Å². The van der Waals surface area contributed by atoms with Gasteiger partial charge in [-0.3, -0.25) is 9.59 Å². The summed E-state index contributed by atoms with van der Waals surface area (Å²) in [6.07, 6.45) is 77.2. The van der Waals surface area contributed by atoms with Crippen LogP contribution in [0.3, 0.4) is 0 Å². The van der Waals surface area contributed by atoms with Gasteiger partial charge >= 0.3 is 5.97 Å². The van der Waals surface area contributed by atoms with Gasteiger partial charge in [0, 0.05) is 12.8 Å². The molecule has 0 saturated carbocycles. The number of amides is 1. The van der Waals surface area contributed by atoms with E-state index in [2.05, 4.69) is 55.6 Å². The molecule has 0 aliphatic carbocycles. The zero-order valence-electron chi connectivity index (χ0n) is 47.5. The Morgan fingerprint density at radius 1 is 0.394 bits per heavy atom. The Kier molecular flexibility index (Phi) is 58.5. The van der Waals surface area contributed by atoms with Crippen LogP contribution >= 0.6 is 0 Å². The van der Waals surface area contributed by atoms with Crippen LogP contribution in [0.1, 0.15) is 328 Å². The van der Waals surface area contributed by atoms with E-state index in [1.807, 2.05) is 6.08 Å². The van der Waals surface area contributed by atoms with Gasteiger partial charge in [-0.1, -0.05) is 274 Å². The monoisotopic (exact) mass is 996 g/mol. The van der Waals surface area contributed by atoms with Gasteiger partial charge in [-0.25, -0.2) is 0 Å². The summed E-state index contributed by atoms with van der Waals surface area (Å²) in [5.41, 5.74) is 0. The standard InChI is InChI=1S/C65H121NO5/c1-3-5-7-9-11-13-15-17-18-19-25-28-31-34-37-41-45-49-53-57-63(68)62(61-67)66-64(69)58-54-50-46-42-38-35-32-29-26-23-21-20-22-24-27-30-33-36-40-44-48-52-56-60-71-65(70)59-55-51-47-43-39-16-14-12-10-8-6-4-2/h12,14,20,22-23,26,53,57,62-63,67-68H,3-11,13,15-19,21,24-25,27-52,54-56,58-61H2,1-2H3,(H,66,69)/b14-12-,22-20-,26-23-,57-53+. The van der Waals surface area contributed by atoms with Gasteiger partial charge in [0.15, 0.2) is 0 Å². The number of aliphatic hydroxyl groups excluding tert-OH is 2. The lowest BCUT2D eigenvalue weighted by Crippen LogP contribution is -2.45. The highest BCUT2D eigenvalue weighted by molar-refractivity contribution is 5.76. The molecule has 2 atom stereocenters. The summed E-state index contributed by atoms with van der Waals surface area (Å²) in [6, 6.07) is -0.637. The van der Waals surface area contributed by atoms with E-state index in [9.17, 15) is 19.8 Å². The molecular formula is C65H121NO5. The first-order chi connectivity index (χ1) is 35.0. The highest BCUT2D eigenvalue weighted by atomic mass is 16.5. The van der Waals surface area contributed by atoms with Gasteiger partial charge in [0.2, 0.25) is 5.91 Å². The summed E-state index contributed by atoms with van der Waals surface area (Å²) in [6.45, 7) is 4.88. The summed E-state index contributed by atoms with van der Waals surface area (Å²) in [5.74, 6) is -0.0807. The van der Waals surface area contributed by atoms with Crippen molar-refractivity contribution >= 4 is 11.9 Å². The Balaban J connectivity index is 3.49. The number of allylic oxidation sites excluding steroid dienone is 7. The van der Waals surface area contributed by atoms with Gasteiger partial charge in [-0.2, -0.15) is 0 Å². The van der Waals surface area contributed by atoms with E-state index in [0.29, 0.717) is 19.4 Å². The van der Waals surface area contributed by atoms with E-state index in [4.69, 9.17) is 4.74 Å². The summed E-state index contributed by atoms with van der Waals surface area (Å²) >= 11 is 0. The van der Waals surface area contributed by atoms with Crippen LogP contribution in [0.15, 0.2) is 48.6 Å². The first-order valence-corrected chi connectivity index (χ1v) is 31.4. The number of aliphatic hydroxyl groups is 2. The molecule has 0 fully saturated rings. The number of hydrogen-bond acceptors (Lipinski definition) is 5. The molecule has 0 aromatic heterocycles. The Morgan fingerprint density at radius 2 is 0.704 bits per heavy atom. The van der Waals surface area contributed by atoms with Gasteiger partial charge in [0.05, 0.1) is 25.4 Å². The Bertz CT molecular complexity index is 1190. The second-order valence-corrected chi connectivity index (χ2v) is 21.4. The Hall–Kier alpha value is -2.18. The molecule has 416 valence electrons. The lowest BCUT2D eigenvalue weighted by atomic mass is 10.0. The minimum atomic E-state index is -0.852. The molecule has 0 aromatic rings. The molecule has 0 rings (SSSR count). The molecule has 0 radical (unpaired) electrons. The molecule has 6 heteroatoms. The summed E-state index contributed by atoms with van der Waals surface area (Å²) in [5, 5.41) is 23.2. The molecule has 3 N–H and O–H groups in total. The van der Waals surface area contributed by atoms with Crippen molar-refractivity contribution in [3.05, 3.63) is 48.6 Å². The first kappa shape index (κ1) is 68.8. The van der Waals surface area contributed by atoms with Crippen LogP contribution < -0.4 is 5.32 Å². The predicted octanol–water partition coefficient (Wildman–Crippen LogP) is 19.7. The van der Waals surface area contributed by atoms with Gasteiger partial charge < -0.3 is 20.3 Å². The lowest BCUT2D eigenvalue weighted by molar-refractivity contribution is -0.143. The molecule has 0 saturated heterocycles. The van der Waals surface area contributed by atoms with Crippen molar-refractivity contribution in [2.45, 2.75) is 341 Å². The van der Waals surface area contributed by atoms with Crippen LogP contribution in [0.5, 0.6) is 0 Å². The zero-order chi connectivity index (χ0) is 51.4. The van der Waals surface area contributed by atoms with Gasteiger partial charge in [-0.15, -0.1) is 0 Å². The molecule has 71 heavy (non-hydrogen) atoms. The van der Waals surface area contributed by atoms with Crippen molar-refractivity contribution < 1.29 is 24.5 Å². The molecule has 1 amide bonds. The van der Waals surface area contributed by atoms with E-state index in [1.54, 1.807) is 6.08 Å². The second-order valence-electron chi connectivity index (χ2n) is 21.4. The van der Waals surface area contributed by atoms with Crippen LogP contribution in [-0.4, -0.2) is 47.4 Å². The number of rotatable bonds is 58. The Morgan fingerprint density at radius 3 is 1.11 bits per heavy atom. The fraction of sp³-hybridized carbons (Fsp3) is 0.846. The summed E-state index contributed by atoms with van der Waals surface area (Å²) in [7, 11) is 0. The summed E-state index contributed by atoms with van der Waals surface area (Å²) in [4.78, 5) is 24.5. The molecule has 0 aliphatic heterocycles. The fourth-order valence-electron chi connectivity index (χ4n) is 9.48. The third-order valence-electron chi connectivity index (χ3n) is 14.3. The maximum Gasteiger partial charge on any atom is 0.305 e. The van der Waals surface area contributed by atoms with E-state index < -0.39 is 12.1 Å². The van der Waals surface area contributed by atoms with Crippen LogP contribution in [0.25, 0.3) is 0 Å². The number of ether oxygens (including phenoxy) is 1. The van der Waals surface area contributed by atoms with Crippen molar-refractivity contribution in [1.29, 1.82) is 0 Å². The van der Waals surface area contributed by atoms with Gasteiger partial charge in [-0.05, 0) is 89.9 Å². The Labute approximate surface area is 442 Å². The normalized spacial score (nSPS) is 12.9. The quantitative estimate of drug-likeness (QED) is 0.0321. The first-order valence-electron chi connectivity index (χ1n) is 31.4. The molecule has 0 heterocycles. The third kappa shape index (κ3) is 57.0. The van der Waals surface area contributed by atoms with Crippen LogP contribution in [0, 0.1) is 0 Å². The van der Waals surface area contributed by atoms with Crippen molar-refractivity contribution in [2.24, 2.45) is 0 Å². The zero-order valence-corrected chi connectivity index (χ0v) is 47.5. The molecule has 0 bridgehead atoms. The third-order valence-corrected chi connectivity index (χ3v) is 14.3. The van der Waals surface area contributed by atoms with Gasteiger partial charge in [0.1, 0.15) is 0 Å². The number of hydrogen-bond donors (Lipinski definition) is 3. The maximum atomic E-state index is 12.5. The van der Waals surface area contributed by atoms with E-state index in [1.165, 1.54) is 238 Å². The SMILES string of the molecule is CCCCC/C=C\CCCCCCCC(=O)OCCCCCCCCCCC/C=C\C/C=C\CCCCCCCCCC(=O)NC(CO)C(O)/C=C/CCCCCCCCCCCCCCCCCCC. The summed E-state index contributed by atoms with van der Waals surface area (Å²) < 4.78 is 5.46. The molecule has 2 unspecified atom stereocenters. The minimum Gasteiger partial charge on any atom is -0.466 e. The smallest absolute Gasteiger partial charge is 0.305 e. The second kappa shape index (κ2) is 60.4. The number of carbonyl (C=O) groups excluding carboxylic acids is 2. The maximum absolute atomic E-state index is 12.5. The van der Waals surface area contributed by atoms with Crippen LogP contribution in [0.4, 0.5) is 0 Å². The average Bonchev–Trinajstić information content (AvgIpc) is 3.37. The highest BCUT2D eigenvalue weighted by Gasteiger charge is 2.18. The average molecular weight is 997 g/mol. The van der Waals surface area contributed by atoms with Crippen LogP contribution in [0.2, 0.25) is 0 Å².